The summed E-state index contributed by atoms with van der Waals surface area (Å²) in [5, 5.41) is 3.99. The second-order valence-electron chi connectivity index (χ2n) is 6.44. The van der Waals surface area contributed by atoms with Crippen molar-refractivity contribution in [3.8, 4) is 5.75 Å². The van der Waals surface area contributed by atoms with Gasteiger partial charge in [-0.05, 0) is 31.7 Å². The van der Waals surface area contributed by atoms with Gasteiger partial charge >= 0.3 is 0 Å². The minimum absolute atomic E-state index is 0.00135. The number of rotatable bonds is 7. The third kappa shape index (κ3) is 4.83. The Morgan fingerprint density at radius 2 is 2.00 bits per heavy atom. The van der Waals surface area contributed by atoms with Crippen molar-refractivity contribution in [1.82, 2.24) is 15.0 Å². The average molecular weight is 359 g/mol. The van der Waals surface area contributed by atoms with E-state index in [1.807, 2.05) is 37.4 Å². The zero-order valence-corrected chi connectivity index (χ0v) is 15.3. The zero-order chi connectivity index (χ0) is 18.4. The molecule has 1 amide bonds. The molecule has 3 rings (SSSR count). The normalized spacial score (nSPS) is 15.9. The van der Waals surface area contributed by atoms with Gasteiger partial charge in [-0.3, -0.25) is 9.69 Å². The van der Waals surface area contributed by atoms with E-state index in [1.54, 1.807) is 11.2 Å². The van der Waals surface area contributed by atoms with Crippen molar-refractivity contribution in [2.45, 2.75) is 19.5 Å². The van der Waals surface area contributed by atoms with Crippen molar-refractivity contribution in [1.29, 1.82) is 0 Å². The van der Waals surface area contributed by atoms with Gasteiger partial charge in [0.15, 0.2) is 6.61 Å². The van der Waals surface area contributed by atoms with Crippen LogP contribution < -0.4 is 4.74 Å². The molecule has 0 radical (unpaired) electrons. The molecule has 0 saturated carbocycles. The van der Waals surface area contributed by atoms with Crippen LogP contribution in [0.2, 0.25) is 0 Å². The molecule has 1 saturated heterocycles. The van der Waals surface area contributed by atoms with Crippen LogP contribution in [0, 0.1) is 0 Å². The lowest BCUT2D eigenvalue weighted by atomic mass is 10.1. The summed E-state index contributed by atoms with van der Waals surface area (Å²) in [5.41, 5.74) is 2.07. The number of amides is 1. The summed E-state index contributed by atoms with van der Waals surface area (Å²) >= 11 is 0. The minimum Gasteiger partial charge on any atom is -0.484 e. The van der Waals surface area contributed by atoms with Crippen molar-refractivity contribution < 1.29 is 18.8 Å². The second-order valence-corrected chi connectivity index (χ2v) is 6.44. The third-order valence-corrected chi connectivity index (χ3v) is 4.63. The summed E-state index contributed by atoms with van der Waals surface area (Å²) in [5.74, 6) is 0.695. The number of morpholine rings is 1. The number of hydrogen-bond acceptors (Lipinski definition) is 6. The minimum atomic E-state index is -0.00135. The zero-order valence-electron chi connectivity index (χ0n) is 15.3. The van der Waals surface area contributed by atoms with E-state index in [9.17, 15) is 4.79 Å². The van der Waals surface area contributed by atoms with Crippen LogP contribution >= 0.6 is 0 Å². The first-order valence-corrected chi connectivity index (χ1v) is 8.81. The molecule has 0 spiro atoms. The number of ether oxygens (including phenoxy) is 2. The molecule has 2 heterocycles. The maximum absolute atomic E-state index is 12.1. The van der Waals surface area contributed by atoms with Gasteiger partial charge in [0, 0.05) is 25.7 Å². The fourth-order valence-electron chi connectivity index (χ4n) is 2.83. The molecule has 1 aromatic carbocycles. The monoisotopic (exact) mass is 359 g/mol. The first-order valence-electron chi connectivity index (χ1n) is 8.81. The van der Waals surface area contributed by atoms with E-state index in [4.69, 9.17) is 14.0 Å². The molecule has 140 valence electrons. The van der Waals surface area contributed by atoms with Gasteiger partial charge in [-0.15, -0.1) is 0 Å². The van der Waals surface area contributed by atoms with Gasteiger partial charge in [0.1, 0.15) is 17.7 Å². The van der Waals surface area contributed by atoms with Gasteiger partial charge < -0.3 is 18.9 Å². The van der Waals surface area contributed by atoms with Gasteiger partial charge in [-0.1, -0.05) is 17.3 Å². The Bertz CT molecular complexity index is 681. The molecule has 1 fully saturated rings. The van der Waals surface area contributed by atoms with E-state index in [1.165, 1.54) is 0 Å². The lowest BCUT2D eigenvalue weighted by molar-refractivity contribution is -0.137. The quantitative estimate of drug-likeness (QED) is 0.754. The lowest BCUT2D eigenvalue weighted by Crippen LogP contribution is -2.42. The number of nitrogens with zero attached hydrogens (tertiary/aromatic N) is 3. The average Bonchev–Trinajstić information content (AvgIpc) is 3.22. The Hall–Kier alpha value is -2.38. The highest BCUT2D eigenvalue weighted by Gasteiger charge is 2.17. The molecule has 1 atom stereocenters. The molecule has 7 nitrogen and oxygen atoms in total. The first-order chi connectivity index (χ1) is 12.6. The van der Waals surface area contributed by atoms with Crippen LogP contribution in [0.25, 0.3) is 0 Å². The van der Waals surface area contributed by atoms with E-state index < -0.39 is 0 Å². The summed E-state index contributed by atoms with van der Waals surface area (Å²) in [6.07, 6.45) is 1.59. The van der Waals surface area contributed by atoms with Crippen molar-refractivity contribution in [2.24, 2.45) is 0 Å². The third-order valence-electron chi connectivity index (χ3n) is 4.63. The van der Waals surface area contributed by atoms with Crippen LogP contribution in [0.3, 0.4) is 0 Å². The molecule has 2 aromatic rings. The fraction of sp³-hybridized carbons (Fsp3) is 0.474. The Kier molecular flexibility index (Phi) is 6.25. The fourth-order valence-corrected chi connectivity index (χ4v) is 2.83. The number of aromatic nitrogens is 1. The topological polar surface area (TPSA) is 68.0 Å². The SMILES string of the molecule is C[C@H](c1ccon1)N(C)Cc1ccc(OCC(=O)N2CCOCC2)cc1. The number of carbonyl (C=O) groups is 1. The number of hydrogen-bond donors (Lipinski definition) is 0. The van der Waals surface area contributed by atoms with E-state index in [-0.39, 0.29) is 18.6 Å². The van der Waals surface area contributed by atoms with Crippen LogP contribution in [-0.4, -0.2) is 60.8 Å². The van der Waals surface area contributed by atoms with Crippen molar-refractivity contribution >= 4 is 5.91 Å². The Morgan fingerprint density at radius 1 is 1.27 bits per heavy atom. The predicted octanol–water partition coefficient (Wildman–Crippen LogP) is 2.11. The van der Waals surface area contributed by atoms with Crippen LogP contribution in [0.15, 0.2) is 41.1 Å². The molecule has 26 heavy (non-hydrogen) atoms. The molecule has 1 aromatic heterocycles. The van der Waals surface area contributed by atoms with E-state index in [0.29, 0.717) is 32.1 Å². The molecule has 0 unspecified atom stereocenters. The number of carbonyl (C=O) groups excluding carboxylic acids is 1. The van der Waals surface area contributed by atoms with Gasteiger partial charge in [-0.25, -0.2) is 0 Å². The molecular formula is C19H25N3O4. The Labute approximate surface area is 153 Å². The first kappa shape index (κ1) is 18.4. The Morgan fingerprint density at radius 3 is 2.65 bits per heavy atom. The molecular weight excluding hydrogens is 334 g/mol. The van der Waals surface area contributed by atoms with Crippen LogP contribution in [0.5, 0.6) is 5.75 Å². The highest BCUT2D eigenvalue weighted by atomic mass is 16.5. The highest BCUT2D eigenvalue weighted by molar-refractivity contribution is 5.77. The van der Waals surface area contributed by atoms with Gasteiger partial charge in [0.2, 0.25) is 0 Å². The maximum atomic E-state index is 12.1. The predicted molar refractivity (Wildman–Crippen MR) is 95.7 cm³/mol. The van der Waals surface area contributed by atoms with Crippen molar-refractivity contribution in [2.75, 3.05) is 40.0 Å². The van der Waals surface area contributed by atoms with Crippen LogP contribution in [0.4, 0.5) is 0 Å². The van der Waals surface area contributed by atoms with Gasteiger partial charge in [-0.2, -0.15) is 0 Å². The lowest BCUT2D eigenvalue weighted by Gasteiger charge is -2.26. The van der Waals surface area contributed by atoms with Crippen LogP contribution in [-0.2, 0) is 16.1 Å². The molecule has 7 heteroatoms. The summed E-state index contributed by atoms with van der Waals surface area (Å²) < 4.78 is 15.8. The van der Waals surface area contributed by atoms with Crippen molar-refractivity contribution in [3.63, 3.8) is 0 Å². The molecule has 1 aliphatic rings. The standard InChI is InChI=1S/C19H25N3O4/c1-15(18-7-10-26-20-18)21(2)13-16-3-5-17(6-4-16)25-14-19(23)22-8-11-24-12-9-22/h3-7,10,15H,8-9,11-14H2,1-2H3/t15-/m1/s1. The Balaban J connectivity index is 1.47. The number of benzene rings is 1. The van der Waals surface area contributed by atoms with Gasteiger partial charge in [0.05, 0.1) is 19.3 Å². The summed E-state index contributed by atoms with van der Waals surface area (Å²) in [6, 6.07) is 9.87. The molecule has 0 N–H and O–H groups in total. The highest BCUT2D eigenvalue weighted by Crippen LogP contribution is 2.20. The van der Waals surface area contributed by atoms with Crippen molar-refractivity contribution in [3.05, 3.63) is 47.9 Å². The van der Waals surface area contributed by atoms with E-state index in [2.05, 4.69) is 17.0 Å². The summed E-state index contributed by atoms with van der Waals surface area (Å²) in [4.78, 5) is 16.1. The molecule has 1 aliphatic heterocycles. The van der Waals surface area contributed by atoms with Gasteiger partial charge in [0.25, 0.3) is 5.91 Å². The maximum Gasteiger partial charge on any atom is 0.260 e. The van der Waals surface area contributed by atoms with Crippen LogP contribution in [0.1, 0.15) is 24.2 Å². The largest absolute Gasteiger partial charge is 0.484 e. The van der Waals surface area contributed by atoms with E-state index in [0.717, 1.165) is 17.8 Å². The molecule has 0 bridgehead atoms. The second kappa shape index (κ2) is 8.82. The molecule has 0 aliphatic carbocycles. The summed E-state index contributed by atoms with van der Waals surface area (Å²) in [6.45, 7) is 5.39. The van der Waals surface area contributed by atoms with E-state index >= 15 is 0 Å². The summed E-state index contributed by atoms with van der Waals surface area (Å²) in [7, 11) is 2.05. The smallest absolute Gasteiger partial charge is 0.260 e.